The predicted octanol–water partition coefficient (Wildman–Crippen LogP) is 7.82. The summed E-state index contributed by atoms with van der Waals surface area (Å²) in [5.41, 5.74) is -3.29. The van der Waals surface area contributed by atoms with Gasteiger partial charge >= 0.3 is 66.8 Å². The normalized spacial score (nSPS) is 23.3. The largest absolute Gasteiger partial charge is 0.495 e. The summed E-state index contributed by atoms with van der Waals surface area (Å²) in [5.74, 6) is -4.66. The van der Waals surface area contributed by atoms with Crippen LogP contribution < -0.4 is 10.6 Å². The molecule has 17 nitrogen and oxygen atoms in total. The predicted molar refractivity (Wildman–Crippen MR) is 200 cm³/mol. The minimum atomic E-state index is -6.86. The first-order valence-corrected chi connectivity index (χ1v) is 19.6. The Morgan fingerprint density at radius 3 is 1.68 bits per heavy atom. The number of hydrogen-bond acceptors (Lipinski definition) is 15. The number of carbonyl (C=O) groups is 6. The summed E-state index contributed by atoms with van der Waals surface area (Å²) < 4.78 is 177. The van der Waals surface area contributed by atoms with Crippen molar-refractivity contribution in [3.8, 4) is 0 Å². The average Bonchev–Trinajstić information content (AvgIpc) is 3.09. The third-order valence-electron chi connectivity index (χ3n) is 9.69. The van der Waals surface area contributed by atoms with Gasteiger partial charge in [0.25, 0.3) is 0 Å². The Hall–Kier alpha value is -4.92. The second-order valence-corrected chi connectivity index (χ2v) is 17.9. The van der Waals surface area contributed by atoms with E-state index >= 15 is 0 Å². The molecule has 2 aliphatic carbocycles. The number of alkyl carbamates (subject to hydrolysis) is 2. The summed E-state index contributed by atoms with van der Waals surface area (Å²) in [6.07, 6.45) is -32.1. The van der Waals surface area contributed by atoms with E-state index in [1.54, 1.807) is 34.6 Å². The van der Waals surface area contributed by atoms with Gasteiger partial charge in [-0.1, -0.05) is 47.8 Å². The zero-order valence-corrected chi connectivity index (χ0v) is 36.6. The highest BCUT2D eigenvalue weighted by Gasteiger charge is 2.69. The highest BCUT2D eigenvalue weighted by Crippen LogP contribution is 2.52. The SMILES string of the molecule is C=CC(=O)OCOC(=O)CC1(C)CC(CC(=O)OCC(F)(F)OC(F)(F)OC(F)(F)C(F)(F)OC(F)(F)COC(=O)NC2CC(C)(C)CC(C)(NC(=O)OCOC(=O)C=C)C2)CC(C)(C)C1. The molecule has 2 aliphatic rings. The molecule has 0 spiro atoms. The zero-order chi connectivity index (χ0) is 50.8. The number of carbonyl (C=O) groups excluding carboxylic acids is 6. The topological polar surface area (TPSA) is 210 Å². The summed E-state index contributed by atoms with van der Waals surface area (Å²) in [7, 11) is 0. The van der Waals surface area contributed by atoms with E-state index in [-0.39, 0.29) is 38.5 Å². The Labute approximate surface area is 371 Å². The van der Waals surface area contributed by atoms with E-state index in [4.69, 9.17) is 9.47 Å². The molecule has 0 aromatic heterocycles. The molecule has 378 valence electrons. The summed E-state index contributed by atoms with van der Waals surface area (Å²) in [5, 5.41) is 4.61. The minimum absolute atomic E-state index is 0.105. The highest BCUT2D eigenvalue weighted by molar-refractivity contribution is 5.81. The molecule has 0 heterocycles. The second-order valence-electron chi connectivity index (χ2n) is 17.9. The maximum absolute atomic E-state index is 14.3. The quantitative estimate of drug-likeness (QED) is 0.0329. The molecule has 0 aromatic rings. The van der Waals surface area contributed by atoms with Crippen LogP contribution in [0.5, 0.6) is 0 Å². The zero-order valence-electron chi connectivity index (χ0n) is 36.6. The first-order chi connectivity index (χ1) is 29.8. The van der Waals surface area contributed by atoms with E-state index in [9.17, 15) is 72.7 Å². The van der Waals surface area contributed by atoms with Crippen LogP contribution in [0.3, 0.4) is 0 Å². The van der Waals surface area contributed by atoms with Crippen LogP contribution in [0.25, 0.3) is 0 Å². The van der Waals surface area contributed by atoms with Crippen molar-refractivity contribution < 1.29 is 115 Å². The van der Waals surface area contributed by atoms with E-state index in [0.717, 1.165) is 12.2 Å². The Morgan fingerprint density at radius 2 is 1.11 bits per heavy atom. The van der Waals surface area contributed by atoms with Crippen LogP contribution in [0.4, 0.5) is 53.5 Å². The number of ether oxygens (including phenoxy) is 9. The highest BCUT2D eigenvalue weighted by atomic mass is 19.3. The Balaban J connectivity index is 1.94. The van der Waals surface area contributed by atoms with Crippen molar-refractivity contribution in [2.24, 2.45) is 22.2 Å². The molecule has 66 heavy (non-hydrogen) atoms. The van der Waals surface area contributed by atoms with Gasteiger partial charge in [0.05, 0.1) is 6.42 Å². The number of hydrogen-bond donors (Lipinski definition) is 2. The van der Waals surface area contributed by atoms with Crippen LogP contribution in [-0.4, -0.2) is 105 Å². The van der Waals surface area contributed by atoms with Crippen molar-refractivity contribution in [1.29, 1.82) is 0 Å². The van der Waals surface area contributed by atoms with Gasteiger partial charge < -0.3 is 39.1 Å². The summed E-state index contributed by atoms with van der Waals surface area (Å²) in [6, 6.07) is -0.988. The van der Waals surface area contributed by atoms with E-state index < -0.39 is 134 Å². The third kappa shape index (κ3) is 19.9. The van der Waals surface area contributed by atoms with E-state index in [2.05, 4.69) is 56.9 Å². The van der Waals surface area contributed by atoms with Gasteiger partial charge in [-0.05, 0) is 67.6 Å². The average molecular weight is 979 g/mol. The molecule has 2 rings (SSSR count). The van der Waals surface area contributed by atoms with Crippen molar-refractivity contribution in [2.45, 2.75) is 135 Å². The standard InChI is InChI=1S/C39H52F10N2O15/c1-9-25(52)60-21-62-28(55)16-33(7)13-23(12-31(3,4)17-33)11-27(54)58-19-36(42,43)65-39(48,49)66-38(46,47)37(44,45)64-35(40,41)20-59-29(56)50-24-14-32(5,6)18-34(8,15-24)51-30(57)63-22-61-26(53)10-2/h9-10,23-24H,1-2,11-22H2,3-8H3,(H,50,56)(H,51,57). The van der Waals surface area contributed by atoms with E-state index in [1.165, 1.54) is 6.92 Å². The fourth-order valence-corrected chi connectivity index (χ4v) is 8.43. The maximum Gasteiger partial charge on any atom is 0.495 e. The molecular formula is C39H52F10N2O15. The van der Waals surface area contributed by atoms with Crippen LogP contribution >= 0.6 is 0 Å². The molecule has 4 unspecified atom stereocenters. The first-order valence-electron chi connectivity index (χ1n) is 19.6. The molecule has 2 amide bonds. The van der Waals surface area contributed by atoms with Crippen LogP contribution in [0.2, 0.25) is 0 Å². The Kier molecular flexibility index (Phi) is 18.9. The molecule has 27 heteroatoms. The van der Waals surface area contributed by atoms with Crippen molar-refractivity contribution in [1.82, 2.24) is 10.6 Å². The van der Waals surface area contributed by atoms with Crippen molar-refractivity contribution in [2.75, 3.05) is 26.8 Å². The van der Waals surface area contributed by atoms with Crippen LogP contribution in [0, 0.1) is 22.2 Å². The van der Waals surface area contributed by atoms with Gasteiger partial charge in [-0.25, -0.2) is 33.4 Å². The number of nitrogens with one attached hydrogen (secondary N) is 2. The summed E-state index contributed by atoms with van der Waals surface area (Å²) in [6.45, 7) is 9.91. The van der Waals surface area contributed by atoms with Crippen molar-refractivity contribution in [3.63, 3.8) is 0 Å². The first kappa shape index (κ1) is 57.2. The number of halogens is 10. The Bertz CT molecular complexity index is 1780. The smallest absolute Gasteiger partial charge is 0.456 e. The van der Waals surface area contributed by atoms with Gasteiger partial charge in [0.2, 0.25) is 13.6 Å². The van der Waals surface area contributed by atoms with Gasteiger partial charge in [-0.2, -0.15) is 35.1 Å². The van der Waals surface area contributed by atoms with E-state index in [1.807, 2.05) is 0 Å². The summed E-state index contributed by atoms with van der Waals surface area (Å²) in [4.78, 5) is 71.7. The number of amides is 2. The Morgan fingerprint density at radius 1 is 0.591 bits per heavy atom. The lowest BCUT2D eigenvalue weighted by atomic mass is 9.59. The lowest BCUT2D eigenvalue weighted by Gasteiger charge is -2.46. The third-order valence-corrected chi connectivity index (χ3v) is 9.69. The molecule has 0 radical (unpaired) electrons. The fraction of sp³-hybridized carbons (Fsp3) is 0.744. The van der Waals surface area contributed by atoms with Gasteiger partial charge in [0.1, 0.15) is 0 Å². The molecule has 0 saturated heterocycles. The maximum atomic E-state index is 14.3. The molecule has 0 aromatic carbocycles. The van der Waals surface area contributed by atoms with Crippen LogP contribution in [0.1, 0.15) is 92.9 Å². The second kappa shape index (κ2) is 21.8. The van der Waals surface area contributed by atoms with Gasteiger partial charge in [0.15, 0.2) is 13.2 Å². The molecule has 2 fully saturated rings. The van der Waals surface area contributed by atoms with Crippen molar-refractivity contribution in [3.05, 3.63) is 25.3 Å². The molecule has 0 aliphatic heterocycles. The number of esters is 4. The lowest BCUT2D eigenvalue weighted by molar-refractivity contribution is -0.566. The van der Waals surface area contributed by atoms with Crippen molar-refractivity contribution >= 4 is 36.1 Å². The lowest BCUT2D eigenvalue weighted by Crippen LogP contribution is -2.57. The van der Waals surface area contributed by atoms with Gasteiger partial charge in [-0.15, -0.1) is 8.78 Å². The van der Waals surface area contributed by atoms with E-state index in [0.29, 0.717) is 6.42 Å². The fourth-order valence-electron chi connectivity index (χ4n) is 8.43. The minimum Gasteiger partial charge on any atom is -0.456 e. The molecule has 4 atom stereocenters. The van der Waals surface area contributed by atoms with Crippen LogP contribution in [-0.2, 0) is 61.8 Å². The molecular weight excluding hydrogens is 926 g/mol. The molecule has 2 saturated carbocycles. The van der Waals surface area contributed by atoms with Gasteiger partial charge in [-0.3, -0.25) is 9.59 Å². The molecule has 2 N–H and O–H groups in total. The number of alkyl halides is 10. The van der Waals surface area contributed by atoms with Gasteiger partial charge in [0, 0.05) is 30.2 Å². The van der Waals surface area contributed by atoms with Crippen LogP contribution in [0.15, 0.2) is 25.3 Å². The monoisotopic (exact) mass is 978 g/mol. The molecule has 0 bridgehead atoms. The number of rotatable bonds is 23. The summed E-state index contributed by atoms with van der Waals surface area (Å²) >= 11 is 0.